The lowest BCUT2D eigenvalue weighted by Gasteiger charge is -2.26. The Bertz CT molecular complexity index is 859. The Kier molecular flexibility index (Phi) is 47.5. The summed E-state index contributed by atoms with van der Waals surface area (Å²) in [6.07, 6.45) is 60.4. The average molecular weight is 818 g/mol. The number of nitrogens with one attached hydrogen (secondary N) is 1. The van der Waals surface area contributed by atoms with Crippen LogP contribution in [-0.2, 0) is 4.79 Å². The summed E-state index contributed by atoms with van der Waals surface area (Å²) in [7, 11) is 0. The van der Waals surface area contributed by atoms with Crippen LogP contribution in [0.4, 0.5) is 0 Å². The van der Waals surface area contributed by atoms with E-state index in [1.54, 1.807) is 0 Å². The Labute approximate surface area is 362 Å². The molecular weight excluding hydrogens is 715 g/mol. The molecule has 0 aliphatic heterocycles. The van der Waals surface area contributed by atoms with Crippen LogP contribution in [0.5, 0.6) is 0 Å². The first-order valence-corrected chi connectivity index (χ1v) is 26.1. The van der Waals surface area contributed by atoms with Gasteiger partial charge in [-0.15, -0.1) is 0 Å². The summed E-state index contributed by atoms with van der Waals surface area (Å²) in [6, 6.07) is -0.829. The van der Waals surface area contributed by atoms with Gasteiger partial charge in [0.15, 0.2) is 0 Å². The Morgan fingerprint density at radius 3 is 1.05 bits per heavy atom. The third-order valence-corrected chi connectivity index (χ3v) is 12.3. The average Bonchev–Trinajstić information content (AvgIpc) is 3.23. The molecule has 0 rings (SSSR count). The van der Waals surface area contributed by atoms with Gasteiger partial charge >= 0.3 is 0 Å². The van der Waals surface area contributed by atoms with E-state index in [4.69, 9.17) is 0 Å². The molecule has 0 aromatic rings. The second kappa shape index (κ2) is 48.5. The molecule has 0 spiro atoms. The lowest BCUT2D eigenvalue weighted by molar-refractivity contribution is -0.124. The highest BCUT2D eigenvalue weighted by atomic mass is 16.3. The predicted molar refractivity (Wildman–Crippen MR) is 255 cm³/mol. The molecule has 0 aliphatic carbocycles. The van der Waals surface area contributed by atoms with Crippen LogP contribution in [0.15, 0.2) is 24.3 Å². The molecule has 3 unspecified atom stereocenters. The Morgan fingerprint density at radius 2 is 0.707 bits per heavy atom. The van der Waals surface area contributed by atoms with Crippen molar-refractivity contribution >= 4 is 5.91 Å². The van der Waals surface area contributed by atoms with E-state index in [1.807, 2.05) is 0 Å². The molecule has 0 aliphatic rings. The van der Waals surface area contributed by atoms with Crippen LogP contribution in [0.25, 0.3) is 0 Å². The zero-order valence-corrected chi connectivity index (χ0v) is 39.2. The summed E-state index contributed by atoms with van der Waals surface area (Å²) < 4.78 is 0. The van der Waals surface area contributed by atoms with Crippen molar-refractivity contribution in [3.63, 3.8) is 0 Å². The van der Waals surface area contributed by atoms with Crippen LogP contribution in [0.1, 0.15) is 284 Å². The molecule has 0 aromatic carbocycles. The fourth-order valence-corrected chi connectivity index (χ4v) is 8.24. The molecule has 0 saturated carbocycles. The summed E-state index contributed by atoms with van der Waals surface area (Å²) >= 11 is 0. The highest BCUT2D eigenvalue weighted by Gasteiger charge is 2.26. The quantitative estimate of drug-likeness (QED) is 0.0364. The number of carbonyl (C=O) groups excluding carboxylic acids is 1. The number of unbranched alkanes of at least 4 members (excludes halogenated alkanes) is 36. The van der Waals surface area contributed by atoms with Gasteiger partial charge in [-0.1, -0.05) is 250 Å². The van der Waals surface area contributed by atoms with Crippen molar-refractivity contribution in [1.29, 1.82) is 0 Å². The number of allylic oxidation sites excluding steroid dienone is 4. The van der Waals surface area contributed by atoms with Gasteiger partial charge < -0.3 is 20.6 Å². The molecule has 0 radical (unpaired) electrons. The number of aliphatic hydroxyl groups is 3. The maximum absolute atomic E-state index is 12.5. The topological polar surface area (TPSA) is 89.8 Å². The SMILES string of the molecule is CCCCCCCC/C=C/CC/C=C/CCCC(O)C(O)C(CO)NC(=O)CCCCCCCCCCCCCCCCCCCCCCCCCCCCCCC. The van der Waals surface area contributed by atoms with Gasteiger partial charge in [0.05, 0.1) is 18.8 Å². The van der Waals surface area contributed by atoms with Gasteiger partial charge in [0.1, 0.15) is 6.10 Å². The minimum absolute atomic E-state index is 0.153. The van der Waals surface area contributed by atoms with E-state index in [0.717, 1.165) is 44.9 Å². The molecule has 5 nitrogen and oxygen atoms in total. The van der Waals surface area contributed by atoms with E-state index in [-0.39, 0.29) is 12.5 Å². The van der Waals surface area contributed by atoms with Gasteiger partial charge in [0.2, 0.25) is 5.91 Å². The van der Waals surface area contributed by atoms with Crippen LogP contribution in [0.2, 0.25) is 0 Å². The van der Waals surface area contributed by atoms with Crippen molar-refractivity contribution in [3.8, 4) is 0 Å². The molecule has 5 heteroatoms. The fraction of sp³-hybridized carbons (Fsp3) is 0.906. The van der Waals surface area contributed by atoms with Gasteiger partial charge in [-0.25, -0.2) is 0 Å². The number of hydrogen-bond donors (Lipinski definition) is 4. The molecule has 3 atom stereocenters. The number of rotatable bonds is 48. The van der Waals surface area contributed by atoms with Crippen molar-refractivity contribution in [3.05, 3.63) is 24.3 Å². The summed E-state index contributed by atoms with van der Waals surface area (Å²) in [5.41, 5.74) is 0. The normalized spacial score (nSPS) is 13.5. The molecule has 0 heterocycles. The van der Waals surface area contributed by atoms with Crippen LogP contribution in [0.3, 0.4) is 0 Å². The van der Waals surface area contributed by atoms with E-state index in [0.29, 0.717) is 12.8 Å². The second-order valence-corrected chi connectivity index (χ2v) is 18.1. The highest BCUT2D eigenvalue weighted by molar-refractivity contribution is 5.76. The van der Waals surface area contributed by atoms with Gasteiger partial charge in [-0.3, -0.25) is 4.79 Å². The van der Waals surface area contributed by atoms with Crippen molar-refractivity contribution in [2.75, 3.05) is 6.61 Å². The number of amides is 1. The van der Waals surface area contributed by atoms with Gasteiger partial charge in [0, 0.05) is 6.42 Å². The maximum atomic E-state index is 12.5. The van der Waals surface area contributed by atoms with E-state index in [9.17, 15) is 20.1 Å². The third kappa shape index (κ3) is 42.9. The standard InChI is InChI=1S/C53H103NO4/c1-3-5-7-9-11-13-15-17-19-20-21-22-23-24-25-26-27-28-29-30-31-32-34-36-38-40-42-44-46-48-52(57)54-50(49-55)53(58)51(56)47-45-43-41-39-37-35-33-18-16-14-12-10-8-6-4-2/h18,33,39,41,50-51,53,55-56,58H,3-17,19-32,34-38,40,42-49H2,1-2H3,(H,54,57)/b33-18+,41-39+. The molecule has 0 bridgehead atoms. The Morgan fingerprint density at radius 1 is 0.414 bits per heavy atom. The molecular formula is C53H103NO4. The summed E-state index contributed by atoms with van der Waals surface area (Å²) in [5.74, 6) is -0.153. The monoisotopic (exact) mass is 818 g/mol. The Balaban J connectivity index is 3.52. The molecule has 0 saturated heterocycles. The van der Waals surface area contributed by atoms with E-state index >= 15 is 0 Å². The van der Waals surface area contributed by atoms with Crippen molar-refractivity contribution in [2.24, 2.45) is 0 Å². The van der Waals surface area contributed by atoms with Crippen molar-refractivity contribution < 1.29 is 20.1 Å². The summed E-state index contributed by atoms with van der Waals surface area (Å²) in [6.45, 7) is 4.18. The molecule has 0 fully saturated rings. The largest absolute Gasteiger partial charge is 0.394 e. The summed E-state index contributed by atoms with van der Waals surface area (Å²) in [5, 5.41) is 33.6. The minimum atomic E-state index is -1.16. The van der Waals surface area contributed by atoms with Crippen LogP contribution >= 0.6 is 0 Å². The first-order valence-electron chi connectivity index (χ1n) is 26.1. The van der Waals surface area contributed by atoms with E-state index < -0.39 is 18.2 Å². The summed E-state index contributed by atoms with van der Waals surface area (Å²) in [4.78, 5) is 12.5. The van der Waals surface area contributed by atoms with Crippen molar-refractivity contribution in [2.45, 2.75) is 302 Å². The third-order valence-electron chi connectivity index (χ3n) is 12.3. The first kappa shape index (κ1) is 56.8. The second-order valence-electron chi connectivity index (χ2n) is 18.1. The van der Waals surface area contributed by atoms with Gasteiger partial charge in [0.25, 0.3) is 0 Å². The van der Waals surface area contributed by atoms with E-state index in [1.165, 1.54) is 212 Å². The highest BCUT2D eigenvalue weighted by Crippen LogP contribution is 2.17. The minimum Gasteiger partial charge on any atom is -0.394 e. The van der Waals surface area contributed by atoms with Crippen LogP contribution < -0.4 is 5.32 Å². The van der Waals surface area contributed by atoms with Gasteiger partial charge in [-0.2, -0.15) is 0 Å². The smallest absolute Gasteiger partial charge is 0.220 e. The number of carbonyl (C=O) groups is 1. The molecule has 344 valence electrons. The molecule has 0 aromatic heterocycles. The number of hydrogen-bond acceptors (Lipinski definition) is 4. The zero-order valence-electron chi connectivity index (χ0n) is 39.2. The first-order chi connectivity index (χ1) is 28.6. The Hall–Kier alpha value is -1.17. The number of aliphatic hydroxyl groups excluding tert-OH is 3. The van der Waals surface area contributed by atoms with Crippen molar-refractivity contribution in [1.82, 2.24) is 5.32 Å². The van der Waals surface area contributed by atoms with E-state index in [2.05, 4.69) is 43.5 Å². The fourth-order valence-electron chi connectivity index (χ4n) is 8.24. The predicted octanol–water partition coefficient (Wildman–Crippen LogP) is 15.7. The van der Waals surface area contributed by atoms with Crippen LogP contribution in [-0.4, -0.2) is 46.1 Å². The lowest BCUT2D eigenvalue weighted by Crippen LogP contribution is -2.50. The maximum Gasteiger partial charge on any atom is 0.220 e. The molecule has 4 N–H and O–H groups in total. The van der Waals surface area contributed by atoms with Crippen LogP contribution in [0, 0.1) is 0 Å². The van der Waals surface area contributed by atoms with Gasteiger partial charge in [-0.05, 0) is 51.4 Å². The molecule has 58 heavy (non-hydrogen) atoms. The zero-order chi connectivity index (χ0) is 42.3. The lowest BCUT2D eigenvalue weighted by atomic mass is 10.0. The molecule has 1 amide bonds.